The second-order valence-electron chi connectivity index (χ2n) is 2.41. The van der Waals surface area contributed by atoms with Crippen molar-refractivity contribution < 1.29 is 20.2 Å². The van der Waals surface area contributed by atoms with Crippen molar-refractivity contribution in [3.8, 4) is 0 Å². The highest BCUT2D eigenvalue weighted by molar-refractivity contribution is 5.23. The van der Waals surface area contributed by atoms with Crippen molar-refractivity contribution in [2.75, 3.05) is 0 Å². The first kappa shape index (κ1) is 8.85. The fraction of sp³-hybridized carbons (Fsp3) is 0.333. The van der Waals surface area contributed by atoms with Crippen molar-refractivity contribution in [1.82, 2.24) is 0 Å². The summed E-state index contributed by atoms with van der Waals surface area (Å²) in [5.41, 5.74) is -0.360. The third kappa shape index (κ3) is 1.50. The van der Waals surface area contributed by atoms with Gasteiger partial charge in [-0.1, -0.05) is 0 Å². The minimum atomic E-state index is -2.40. The van der Waals surface area contributed by atoms with Crippen LogP contribution in [0.4, 0.5) is 0 Å². The molecule has 1 rings (SSSR count). The van der Waals surface area contributed by atoms with Crippen molar-refractivity contribution in [3.05, 3.63) is 34.0 Å². The summed E-state index contributed by atoms with van der Waals surface area (Å²) < 4.78 is 0. The van der Waals surface area contributed by atoms with E-state index >= 15 is 0 Å². The molecule has 0 aromatic carbocycles. The molecule has 0 aromatic rings. The van der Waals surface area contributed by atoms with Gasteiger partial charge in [-0.2, -0.15) is 0 Å². The third-order valence-corrected chi connectivity index (χ3v) is 1.47. The van der Waals surface area contributed by atoms with Crippen LogP contribution in [-0.4, -0.2) is 32.1 Å². The third-order valence-electron chi connectivity index (χ3n) is 1.47. The van der Waals surface area contributed by atoms with Crippen molar-refractivity contribution in [2.24, 2.45) is 0 Å². The monoisotopic (exact) mass is 173 g/mol. The van der Waals surface area contributed by atoms with Gasteiger partial charge in [0.25, 0.3) is 5.70 Å². The summed E-state index contributed by atoms with van der Waals surface area (Å²) in [6, 6.07) is 0. The van der Waals surface area contributed by atoms with Crippen LogP contribution in [0.2, 0.25) is 0 Å². The molecule has 0 heterocycles. The van der Waals surface area contributed by atoms with E-state index in [1.807, 2.05) is 0 Å². The van der Waals surface area contributed by atoms with Crippen LogP contribution in [0.15, 0.2) is 23.9 Å². The molecule has 6 nitrogen and oxygen atoms in total. The molecule has 6 heteroatoms. The molecular formula is C6H7NO5. The largest absolute Gasteiger partial charge is 0.383 e. The SMILES string of the molecule is O=[N+]([O-])C1=CC(O)C(O)(O)C=C1. The van der Waals surface area contributed by atoms with Crippen molar-refractivity contribution in [2.45, 2.75) is 11.9 Å². The first-order chi connectivity index (χ1) is 5.43. The smallest absolute Gasteiger partial charge is 0.268 e. The van der Waals surface area contributed by atoms with Gasteiger partial charge in [0.05, 0.1) is 4.92 Å². The maximum absolute atomic E-state index is 10.1. The van der Waals surface area contributed by atoms with Crippen LogP contribution in [0.25, 0.3) is 0 Å². The molecule has 0 bridgehead atoms. The molecule has 0 saturated heterocycles. The Bertz CT molecular complexity index is 267. The van der Waals surface area contributed by atoms with Gasteiger partial charge in [0.2, 0.25) is 5.79 Å². The van der Waals surface area contributed by atoms with Gasteiger partial charge in [-0.15, -0.1) is 0 Å². The number of aliphatic hydroxyl groups is 3. The van der Waals surface area contributed by atoms with Crippen LogP contribution in [0.1, 0.15) is 0 Å². The van der Waals surface area contributed by atoms with Gasteiger partial charge in [0.15, 0.2) is 0 Å². The number of nitrogens with zero attached hydrogens (tertiary/aromatic N) is 1. The Morgan fingerprint density at radius 1 is 1.58 bits per heavy atom. The van der Waals surface area contributed by atoms with Crippen LogP contribution in [0.3, 0.4) is 0 Å². The summed E-state index contributed by atoms with van der Waals surface area (Å²) in [6.45, 7) is 0. The van der Waals surface area contributed by atoms with Crippen molar-refractivity contribution >= 4 is 0 Å². The maximum atomic E-state index is 10.1. The Morgan fingerprint density at radius 3 is 2.58 bits per heavy atom. The van der Waals surface area contributed by atoms with Gasteiger partial charge in [-0.05, 0) is 6.08 Å². The summed E-state index contributed by atoms with van der Waals surface area (Å²) in [5, 5.41) is 36.8. The normalized spacial score (nSPS) is 26.6. The molecule has 0 aliphatic heterocycles. The minimum Gasteiger partial charge on any atom is -0.383 e. The molecule has 12 heavy (non-hydrogen) atoms. The summed E-state index contributed by atoms with van der Waals surface area (Å²) in [5.74, 6) is -2.40. The van der Waals surface area contributed by atoms with Gasteiger partial charge in [-0.3, -0.25) is 10.1 Å². The minimum absolute atomic E-state index is 0.360. The van der Waals surface area contributed by atoms with Gasteiger partial charge in [0, 0.05) is 12.2 Å². The molecule has 1 unspecified atom stereocenters. The second kappa shape index (κ2) is 2.67. The standard InChI is InChI=1S/C6H7NO5/c8-5-3-4(7(11)12)1-2-6(5,9)10/h1-3,5,8-10H. The summed E-state index contributed by atoms with van der Waals surface area (Å²) in [4.78, 5) is 9.40. The lowest BCUT2D eigenvalue weighted by Gasteiger charge is -2.23. The average molecular weight is 173 g/mol. The summed E-state index contributed by atoms with van der Waals surface area (Å²) in [6.07, 6.45) is 0.783. The molecule has 0 radical (unpaired) electrons. The molecule has 0 spiro atoms. The fourth-order valence-corrected chi connectivity index (χ4v) is 0.768. The van der Waals surface area contributed by atoms with E-state index in [9.17, 15) is 10.1 Å². The Balaban J connectivity index is 2.91. The molecule has 0 saturated carbocycles. The van der Waals surface area contributed by atoms with Crippen LogP contribution in [0.5, 0.6) is 0 Å². The first-order valence-electron chi connectivity index (χ1n) is 3.12. The molecule has 66 valence electrons. The molecule has 3 N–H and O–H groups in total. The Morgan fingerprint density at radius 2 is 2.17 bits per heavy atom. The Hall–Kier alpha value is -1.24. The number of hydrogen-bond donors (Lipinski definition) is 3. The number of hydrogen-bond acceptors (Lipinski definition) is 5. The lowest BCUT2D eigenvalue weighted by atomic mass is 10.0. The van der Waals surface area contributed by atoms with Crippen LogP contribution < -0.4 is 0 Å². The number of allylic oxidation sites excluding steroid dienone is 1. The quantitative estimate of drug-likeness (QED) is 0.261. The van der Waals surface area contributed by atoms with E-state index in [4.69, 9.17) is 15.3 Å². The predicted octanol–water partition coefficient (Wildman–Crippen LogP) is -1.24. The van der Waals surface area contributed by atoms with E-state index in [0.717, 1.165) is 18.2 Å². The molecule has 0 amide bonds. The average Bonchev–Trinajstić information content (AvgIpc) is 1.94. The highest BCUT2D eigenvalue weighted by Crippen LogP contribution is 2.18. The van der Waals surface area contributed by atoms with Crippen molar-refractivity contribution in [1.29, 1.82) is 0 Å². The first-order valence-corrected chi connectivity index (χ1v) is 3.12. The zero-order chi connectivity index (χ0) is 9.35. The van der Waals surface area contributed by atoms with E-state index in [1.165, 1.54) is 0 Å². The fourth-order valence-electron chi connectivity index (χ4n) is 0.768. The Kier molecular flexibility index (Phi) is 1.97. The zero-order valence-electron chi connectivity index (χ0n) is 5.91. The molecule has 1 aliphatic rings. The number of rotatable bonds is 1. The molecule has 0 fully saturated rings. The van der Waals surface area contributed by atoms with E-state index in [-0.39, 0.29) is 5.70 Å². The number of aliphatic hydroxyl groups excluding tert-OH is 1. The van der Waals surface area contributed by atoms with E-state index in [2.05, 4.69) is 0 Å². The molecular weight excluding hydrogens is 166 g/mol. The summed E-state index contributed by atoms with van der Waals surface area (Å²) in [7, 11) is 0. The Labute approximate surface area is 67.2 Å². The molecule has 1 aliphatic carbocycles. The highest BCUT2D eigenvalue weighted by atomic mass is 16.6. The van der Waals surface area contributed by atoms with E-state index < -0.39 is 16.8 Å². The summed E-state index contributed by atoms with van der Waals surface area (Å²) >= 11 is 0. The van der Waals surface area contributed by atoms with E-state index in [1.54, 1.807) is 0 Å². The van der Waals surface area contributed by atoms with Gasteiger partial charge in [0.1, 0.15) is 6.10 Å². The van der Waals surface area contributed by atoms with Crippen LogP contribution in [0, 0.1) is 10.1 Å². The van der Waals surface area contributed by atoms with Gasteiger partial charge < -0.3 is 15.3 Å². The molecule has 1 atom stereocenters. The molecule has 0 aromatic heterocycles. The predicted molar refractivity (Wildman–Crippen MR) is 37.4 cm³/mol. The maximum Gasteiger partial charge on any atom is 0.268 e. The lowest BCUT2D eigenvalue weighted by molar-refractivity contribution is -0.420. The lowest BCUT2D eigenvalue weighted by Crippen LogP contribution is -2.41. The van der Waals surface area contributed by atoms with Crippen LogP contribution >= 0.6 is 0 Å². The van der Waals surface area contributed by atoms with Gasteiger partial charge >= 0.3 is 0 Å². The number of nitro groups is 1. The van der Waals surface area contributed by atoms with Gasteiger partial charge in [-0.25, -0.2) is 0 Å². The van der Waals surface area contributed by atoms with Crippen molar-refractivity contribution in [3.63, 3.8) is 0 Å². The zero-order valence-corrected chi connectivity index (χ0v) is 5.91. The van der Waals surface area contributed by atoms with E-state index in [0.29, 0.717) is 0 Å². The second-order valence-corrected chi connectivity index (χ2v) is 2.41. The highest BCUT2D eigenvalue weighted by Gasteiger charge is 2.34. The van der Waals surface area contributed by atoms with Crippen LogP contribution in [-0.2, 0) is 0 Å². The topological polar surface area (TPSA) is 104 Å².